The number of carbonyl (C=O) groups is 2. The number of ether oxygens (including phenoxy) is 1. The summed E-state index contributed by atoms with van der Waals surface area (Å²) in [6.45, 7) is 5.13. The second-order valence-electron chi connectivity index (χ2n) is 1.39. The van der Waals surface area contributed by atoms with Gasteiger partial charge in [-0.25, -0.2) is 9.69 Å². The first-order valence-corrected chi connectivity index (χ1v) is 2.79. The smallest absolute Gasteiger partial charge is 0.420 e. The van der Waals surface area contributed by atoms with Gasteiger partial charge in [0.25, 0.3) is 0 Å². The molecule has 0 atom stereocenters. The largest absolute Gasteiger partial charge is 0.449 e. The molecule has 0 saturated carbocycles. The molecule has 0 aliphatic heterocycles. The molecule has 0 N–H and O–H groups in total. The van der Waals surface area contributed by atoms with Crippen LogP contribution in [0.4, 0.5) is 4.79 Å². The minimum Gasteiger partial charge on any atom is -0.449 e. The fraction of sp³-hybridized carbons (Fsp3) is 0.333. The van der Waals surface area contributed by atoms with E-state index in [1.165, 1.54) is 0 Å². The average Bonchev–Trinajstić information content (AvgIpc) is 1.91. The van der Waals surface area contributed by atoms with E-state index in [0.29, 0.717) is 6.41 Å². The van der Waals surface area contributed by atoms with Gasteiger partial charge >= 0.3 is 6.09 Å². The number of rotatable bonds is 3. The second kappa shape index (κ2) is 4.55. The Bertz CT molecular complexity index is 136. The van der Waals surface area contributed by atoms with Crippen LogP contribution in [0.25, 0.3) is 0 Å². The molecule has 0 aliphatic carbocycles. The maximum absolute atomic E-state index is 10.6. The van der Waals surface area contributed by atoms with Gasteiger partial charge in [0.05, 0.1) is 6.61 Å². The number of imide groups is 1. The third kappa shape index (κ3) is 2.30. The summed E-state index contributed by atoms with van der Waals surface area (Å²) in [6.07, 6.45) is 0.725. The summed E-state index contributed by atoms with van der Waals surface area (Å²) in [6, 6.07) is 0. The highest BCUT2D eigenvalue weighted by atomic mass is 16.6. The van der Waals surface area contributed by atoms with Gasteiger partial charge in [0.2, 0.25) is 6.41 Å². The van der Waals surface area contributed by atoms with Gasteiger partial charge in [0.1, 0.15) is 0 Å². The Morgan fingerprint density at radius 2 is 2.40 bits per heavy atom. The predicted octanol–water partition coefficient (Wildman–Crippen LogP) is 0.745. The fourth-order valence-electron chi connectivity index (χ4n) is 0.359. The van der Waals surface area contributed by atoms with E-state index < -0.39 is 6.09 Å². The first kappa shape index (κ1) is 8.68. The molecule has 0 aromatic carbocycles. The van der Waals surface area contributed by atoms with Crippen molar-refractivity contribution in [1.29, 1.82) is 0 Å². The van der Waals surface area contributed by atoms with E-state index in [0.717, 1.165) is 11.1 Å². The van der Waals surface area contributed by atoms with Gasteiger partial charge in [0.15, 0.2) is 0 Å². The van der Waals surface area contributed by atoms with Crippen molar-refractivity contribution in [3.63, 3.8) is 0 Å². The molecule has 0 saturated heterocycles. The van der Waals surface area contributed by atoms with Crippen LogP contribution in [0.15, 0.2) is 12.8 Å². The second-order valence-corrected chi connectivity index (χ2v) is 1.39. The molecule has 0 bridgehead atoms. The summed E-state index contributed by atoms with van der Waals surface area (Å²) in [5, 5.41) is 0. The molecule has 4 heteroatoms. The van der Waals surface area contributed by atoms with Gasteiger partial charge in [-0.05, 0) is 6.92 Å². The number of hydrogen-bond donors (Lipinski definition) is 0. The monoisotopic (exact) mass is 143 g/mol. The van der Waals surface area contributed by atoms with Gasteiger partial charge in [0, 0.05) is 6.20 Å². The van der Waals surface area contributed by atoms with E-state index in [2.05, 4.69) is 11.3 Å². The van der Waals surface area contributed by atoms with E-state index in [1.54, 1.807) is 6.92 Å². The lowest BCUT2D eigenvalue weighted by Gasteiger charge is -2.07. The number of hydrogen-bond acceptors (Lipinski definition) is 3. The van der Waals surface area contributed by atoms with Crippen molar-refractivity contribution in [2.45, 2.75) is 6.92 Å². The SMILES string of the molecule is C=CN(C=O)C(=O)OCC. The quantitative estimate of drug-likeness (QED) is 0.547. The Balaban J connectivity index is 3.88. The molecular formula is C6H9NO3. The van der Waals surface area contributed by atoms with Crippen LogP contribution in [0.1, 0.15) is 6.92 Å². The first-order chi connectivity index (χ1) is 4.76. The molecule has 0 heterocycles. The van der Waals surface area contributed by atoms with Crippen molar-refractivity contribution in [2.24, 2.45) is 0 Å². The molecular weight excluding hydrogens is 134 g/mol. The van der Waals surface area contributed by atoms with E-state index in [4.69, 9.17) is 0 Å². The van der Waals surface area contributed by atoms with Gasteiger partial charge in [-0.1, -0.05) is 6.58 Å². The fourth-order valence-corrected chi connectivity index (χ4v) is 0.359. The number of amides is 2. The van der Waals surface area contributed by atoms with E-state index in [1.807, 2.05) is 0 Å². The lowest BCUT2D eigenvalue weighted by atomic mass is 10.8. The van der Waals surface area contributed by atoms with Crippen LogP contribution in [-0.4, -0.2) is 24.0 Å². The predicted molar refractivity (Wildman–Crippen MR) is 35.1 cm³/mol. The van der Waals surface area contributed by atoms with Crippen LogP contribution in [0, 0.1) is 0 Å². The van der Waals surface area contributed by atoms with Crippen LogP contribution >= 0.6 is 0 Å². The zero-order valence-electron chi connectivity index (χ0n) is 5.74. The maximum atomic E-state index is 10.6. The van der Waals surface area contributed by atoms with E-state index >= 15 is 0 Å². The average molecular weight is 143 g/mol. The Hall–Kier alpha value is -1.32. The van der Waals surface area contributed by atoms with Crippen molar-refractivity contribution < 1.29 is 14.3 Å². The number of nitrogens with zero attached hydrogens (tertiary/aromatic N) is 1. The Morgan fingerprint density at radius 1 is 1.80 bits per heavy atom. The van der Waals surface area contributed by atoms with Gasteiger partial charge in [-0.15, -0.1) is 0 Å². The van der Waals surface area contributed by atoms with Crippen LogP contribution in [-0.2, 0) is 9.53 Å². The zero-order valence-corrected chi connectivity index (χ0v) is 5.74. The van der Waals surface area contributed by atoms with Crippen LogP contribution in [0.3, 0.4) is 0 Å². The molecule has 0 radical (unpaired) electrons. The Labute approximate surface area is 59.1 Å². The van der Waals surface area contributed by atoms with Gasteiger partial charge < -0.3 is 4.74 Å². The van der Waals surface area contributed by atoms with Crippen molar-refractivity contribution in [3.8, 4) is 0 Å². The third-order valence-electron chi connectivity index (χ3n) is 0.789. The van der Waals surface area contributed by atoms with Crippen molar-refractivity contribution in [3.05, 3.63) is 12.8 Å². The molecule has 0 rings (SSSR count). The first-order valence-electron chi connectivity index (χ1n) is 2.79. The summed E-state index contributed by atoms with van der Waals surface area (Å²) in [4.78, 5) is 21.3. The zero-order chi connectivity index (χ0) is 7.98. The topological polar surface area (TPSA) is 46.6 Å². The lowest BCUT2D eigenvalue weighted by Crippen LogP contribution is -2.24. The number of carbonyl (C=O) groups excluding carboxylic acids is 2. The minimum absolute atomic E-state index is 0.247. The van der Waals surface area contributed by atoms with E-state index in [-0.39, 0.29) is 6.61 Å². The van der Waals surface area contributed by atoms with Crippen molar-refractivity contribution in [2.75, 3.05) is 6.61 Å². The molecule has 0 aromatic rings. The summed E-state index contributed by atoms with van der Waals surface area (Å²) in [5.74, 6) is 0. The standard InChI is InChI=1S/C6H9NO3/c1-3-7(5-8)6(9)10-4-2/h3,5H,1,4H2,2H3. The molecule has 10 heavy (non-hydrogen) atoms. The highest BCUT2D eigenvalue weighted by Crippen LogP contribution is 1.88. The minimum atomic E-state index is -0.701. The van der Waals surface area contributed by atoms with Crippen LogP contribution in [0.5, 0.6) is 0 Å². The van der Waals surface area contributed by atoms with E-state index in [9.17, 15) is 9.59 Å². The summed E-state index contributed by atoms with van der Waals surface area (Å²) < 4.78 is 4.47. The Kier molecular flexibility index (Phi) is 3.95. The molecule has 0 aromatic heterocycles. The summed E-state index contributed by atoms with van der Waals surface area (Å²) in [7, 11) is 0. The molecule has 2 amide bonds. The normalized spacial score (nSPS) is 8.10. The highest BCUT2D eigenvalue weighted by Gasteiger charge is 2.07. The van der Waals surface area contributed by atoms with Gasteiger partial charge in [-0.2, -0.15) is 0 Å². The lowest BCUT2D eigenvalue weighted by molar-refractivity contribution is -0.114. The molecule has 4 nitrogen and oxygen atoms in total. The van der Waals surface area contributed by atoms with Crippen LogP contribution in [0.2, 0.25) is 0 Å². The molecule has 0 aliphatic rings. The molecule has 0 fully saturated rings. The molecule has 0 spiro atoms. The third-order valence-corrected chi connectivity index (χ3v) is 0.789. The molecule has 0 unspecified atom stereocenters. The summed E-state index contributed by atoms with van der Waals surface area (Å²) >= 11 is 0. The van der Waals surface area contributed by atoms with Gasteiger partial charge in [-0.3, -0.25) is 4.79 Å². The highest BCUT2D eigenvalue weighted by molar-refractivity contribution is 5.81. The van der Waals surface area contributed by atoms with Crippen LogP contribution < -0.4 is 0 Å². The summed E-state index contributed by atoms with van der Waals surface area (Å²) in [5.41, 5.74) is 0. The Morgan fingerprint density at radius 3 is 2.70 bits per heavy atom. The maximum Gasteiger partial charge on any atom is 0.420 e. The van der Waals surface area contributed by atoms with Crippen molar-refractivity contribution in [1.82, 2.24) is 4.90 Å². The molecule has 56 valence electrons. The van der Waals surface area contributed by atoms with Crippen molar-refractivity contribution >= 4 is 12.5 Å².